The van der Waals surface area contributed by atoms with E-state index in [9.17, 15) is 30.6 Å². The van der Waals surface area contributed by atoms with Gasteiger partial charge in [0.25, 0.3) is 0 Å². The predicted molar refractivity (Wildman–Crippen MR) is 99.5 cm³/mol. The number of aliphatic hydroxyl groups is 4. The number of rotatable bonds is 5. The average molecular weight is 390 g/mol. The Balaban J connectivity index is 1.76. The molecule has 1 saturated heterocycles. The third kappa shape index (κ3) is 4.61. The number of hydrogen-bond donors (Lipinski definition) is 6. The zero-order valence-corrected chi connectivity index (χ0v) is 14.8. The highest BCUT2D eigenvalue weighted by molar-refractivity contribution is 5.71. The van der Waals surface area contributed by atoms with E-state index in [1.54, 1.807) is 42.5 Å². The number of ether oxygens (including phenoxy) is 2. The van der Waals surface area contributed by atoms with Crippen molar-refractivity contribution in [2.24, 2.45) is 0 Å². The van der Waals surface area contributed by atoms with Crippen molar-refractivity contribution in [3.8, 4) is 17.2 Å². The summed E-state index contributed by atoms with van der Waals surface area (Å²) in [7, 11) is 0. The number of benzene rings is 2. The van der Waals surface area contributed by atoms with Crippen LogP contribution in [0.4, 0.5) is 0 Å². The second-order valence-corrected chi connectivity index (χ2v) is 6.50. The molecular weight excluding hydrogens is 368 g/mol. The van der Waals surface area contributed by atoms with E-state index in [1.807, 2.05) is 0 Å². The van der Waals surface area contributed by atoms with Gasteiger partial charge in [-0.3, -0.25) is 0 Å². The van der Waals surface area contributed by atoms with Crippen molar-refractivity contribution in [3.05, 3.63) is 53.6 Å². The molecule has 0 aliphatic carbocycles. The molecule has 1 aliphatic heterocycles. The first-order valence-corrected chi connectivity index (χ1v) is 8.65. The van der Waals surface area contributed by atoms with Gasteiger partial charge in [0.15, 0.2) is 0 Å². The van der Waals surface area contributed by atoms with Crippen LogP contribution < -0.4 is 4.74 Å². The van der Waals surface area contributed by atoms with E-state index < -0.39 is 37.3 Å². The molecule has 8 heteroatoms. The molecule has 0 amide bonds. The normalized spacial score (nSPS) is 27.8. The van der Waals surface area contributed by atoms with E-state index in [4.69, 9.17) is 9.47 Å². The van der Waals surface area contributed by atoms with Crippen molar-refractivity contribution >= 4 is 12.2 Å². The molecule has 6 N–H and O–H groups in total. The third-order valence-corrected chi connectivity index (χ3v) is 4.38. The zero-order valence-electron chi connectivity index (χ0n) is 14.8. The maximum atomic E-state index is 10.1. The Labute approximate surface area is 161 Å². The quantitative estimate of drug-likeness (QED) is 0.405. The largest absolute Gasteiger partial charge is 0.508 e. The van der Waals surface area contributed by atoms with Crippen LogP contribution in [0.2, 0.25) is 0 Å². The molecule has 2 aromatic rings. The molecule has 0 saturated carbocycles. The first kappa shape index (κ1) is 20.1. The first-order valence-electron chi connectivity index (χ1n) is 8.65. The number of hydrogen-bond acceptors (Lipinski definition) is 8. The van der Waals surface area contributed by atoms with Crippen LogP contribution in [0.15, 0.2) is 42.5 Å². The second kappa shape index (κ2) is 8.59. The highest BCUT2D eigenvalue weighted by Gasteiger charge is 2.44. The topological polar surface area (TPSA) is 140 Å². The van der Waals surface area contributed by atoms with E-state index in [-0.39, 0.29) is 17.2 Å². The van der Waals surface area contributed by atoms with Crippen LogP contribution in [-0.2, 0) is 4.74 Å². The van der Waals surface area contributed by atoms with Crippen LogP contribution in [-0.4, -0.2) is 68.0 Å². The molecule has 5 atom stereocenters. The fourth-order valence-corrected chi connectivity index (χ4v) is 2.85. The van der Waals surface area contributed by atoms with E-state index in [0.717, 1.165) is 5.56 Å². The summed E-state index contributed by atoms with van der Waals surface area (Å²) in [5.74, 6) is 0.229. The molecule has 3 rings (SSSR count). The summed E-state index contributed by atoms with van der Waals surface area (Å²) in [6.45, 7) is -0.564. The Kier molecular flexibility index (Phi) is 6.18. The SMILES string of the molecule is OC[C@@H]1O[C@@H](Oc2cc(O)cc(/C=C\c3ccc(O)cc3)c2)[C@@H](O)[C@@H](O)[C@@H]1O. The molecule has 0 spiro atoms. The Hall–Kier alpha value is -2.62. The Morgan fingerprint density at radius 1 is 0.821 bits per heavy atom. The van der Waals surface area contributed by atoms with Gasteiger partial charge in [-0.1, -0.05) is 24.3 Å². The zero-order chi connectivity index (χ0) is 20.3. The summed E-state index contributed by atoms with van der Waals surface area (Å²) in [6, 6.07) is 10.9. The molecule has 150 valence electrons. The number of aliphatic hydroxyl groups excluding tert-OH is 4. The summed E-state index contributed by atoms with van der Waals surface area (Å²) in [5, 5.41) is 58.2. The van der Waals surface area contributed by atoms with Crippen molar-refractivity contribution in [1.29, 1.82) is 0 Å². The van der Waals surface area contributed by atoms with Gasteiger partial charge in [-0.05, 0) is 35.4 Å². The maximum Gasteiger partial charge on any atom is 0.229 e. The van der Waals surface area contributed by atoms with Gasteiger partial charge in [-0.25, -0.2) is 0 Å². The van der Waals surface area contributed by atoms with Gasteiger partial charge in [0.1, 0.15) is 41.7 Å². The summed E-state index contributed by atoms with van der Waals surface area (Å²) >= 11 is 0. The molecule has 0 bridgehead atoms. The molecule has 0 unspecified atom stereocenters. The minimum atomic E-state index is -1.55. The minimum absolute atomic E-state index is 0.0903. The van der Waals surface area contributed by atoms with Gasteiger partial charge in [-0.15, -0.1) is 0 Å². The van der Waals surface area contributed by atoms with E-state index in [1.165, 1.54) is 12.1 Å². The second-order valence-electron chi connectivity index (χ2n) is 6.50. The molecule has 0 aromatic heterocycles. The monoisotopic (exact) mass is 390 g/mol. The van der Waals surface area contributed by atoms with Crippen LogP contribution in [0.25, 0.3) is 12.2 Å². The molecule has 2 aromatic carbocycles. The molecule has 28 heavy (non-hydrogen) atoms. The van der Waals surface area contributed by atoms with Gasteiger partial charge in [-0.2, -0.15) is 0 Å². The smallest absolute Gasteiger partial charge is 0.229 e. The molecule has 1 heterocycles. The summed E-state index contributed by atoms with van der Waals surface area (Å²) in [5.41, 5.74) is 1.42. The molecular formula is C20H22O8. The summed E-state index contributed by atoms with van der Waals surface area (Å²) in [4.78, 5) is 0. The predicted octanol–water partition coefficient (Wildman–Crippen LogP) is 0.447. The lowest BCUT2D eigenvalue weighted by Gasteiger charge is -2.39. The number of aromatic hydroxyl groups is 2. The first-order chi connectivity index (χ1) is 13.4. The number of phenolic OH excluding ortho intramolecular Hbond substituents is 2. The Bertz CT molecular complexity index is 817. The maximum absolute atomic E-state index is 10.1. The highest BCUT2D eigenvalue weighted by atomic mass is 16.7. The van der Waals surface area contributed by atoms with E-state index in [2.05, 4.69) is 0 Å². The minimum Gasteiger partial charge on any atom is -0.508 e. The van der Waals surface area contributed by atoms with Crippen molar-refractivity contribution in [3.63, 3.8) is 0 Å². The Morgan fingerprint density at radius 2 is 1.50 bits per heavy atom. The van der Waals surface area contributed by atoms with E-state index in [0.29, 0.717) is 5.56 Å². The van der Waals surface area contributed by atoms with Crippen molar-refractivity contribution < 1.29 is 40.1 Å². The van der Waals surface area contributed by atoms with Crippen LogP contribution in [0.5, 0.6) is 17.2 Å². The van der Waals surface area contributed by atoms with Gasteiger partial charge in [0.2, 0.25) is 6.29 Å². The van der Waals surface area contributed by atoms with Crippen molar-refractivity contribution in [1.82, 2.24) is 0 Å². The standard InChI is InChI=1S/C20H22O8/c21-10-16-17(24)18(25)19(26)20(28-16)27-15-8-12(7-14(23)9-15)2-1-11-3-5-13(22)6-4-11/h1-9,16-26H,10H2/b2-1-/t16-,17+,18-,19-,20+/m0/s1. The van der Waals surface area contributed by atoms with Crippen LogP contribution in [0.3, 0.4) is 0 Å². The fourth-order valence-electron chi connectivity index (χ4n) is 2.85. The van der Waals surface area contributed by atoms with Gasteiger partial charge < -0.3 is 40.1 Å². The summed E-state index contributed by atoms with van der Waals surface area (Å²) in [6.07, 6.45) is -3.52. The average Bonchev–Trinajstić information content (AvgIpc) is 2.67. The van der Waals surface area contributed by atoms with Crippen molar-refractivity contribution in [2.45, 2.75) is 30.7 Å². The van der Waals surface area contributed by atoms with Gasteiger partial charge in [0, 0.05) is 6.07 Å². The molecule has 8 nitrogen and oxygen atoms in total. The summed E-state index contributed by atoms with van der Waals surface area (Å²) < 4.78 is 10.8. The van der Waals surface area contributed by atoms with Gasteiger partial charge in [0.05, 0.1) is 6.61 Å². The molecule has 1 fully saturated rings. The lowest BCUT2D eigenvalue weighted by atomic mass is 9.99. The molecule has 1 aliphatic rings. The lowest BCUT2D eigenvalue weighted by molar-refractivity contribution is -0.277. The molecule has 0 radical (unpaired) electrons. The van der Waals surface area contributed by atoms with Crippen LogP contribution in [0, 0.1) is 0 Å². The van der Waals surface area contributed by atoms with Crippen LogP contribution in [0.1, 0.15) is 11.1 Å². The fraction of sp³-hybridized carbons (Fsp3) is 0.300. The van der Waals surface area contributed by atoms with Crippen LogP contribution >= 0.6 is 0 Å². The number of phenols is 2. The van der Waals surface area contributed by atoms with Gasteiger partial charge >= 0.3 is 0 Å². The van der Waals surface area contributed by atoms with E-state index >= 15 is 0 Å². The highest BCUT2D eigenvalue weighted by Crippen LogP contribution is 2.28. The lowest BCUT2D eigenvalue weighted by Crippen LogP contribution is -2.60. The third-order valence-electron chi connectivity index (χ3n) is 4.38. The van der Waals surface area contributed by atoms with Crippen molar-refractivity contribution in [2.75, 3.05) is 6.61 Å². The Morgan fingerprint density at radius 3 is 2.18 bits per heavy atom.